The lowest BCUT2D eigenvalue weighted by atomic mass is 9.98. The fourth-order valence-corrected chi connectivity index (χ4v) is 2.76. The quantitative estimate of drug-likeness (QED) is 0.654. The van der Waals surface area contributed by atoms with Crippen LogP contribution < -0.4 is 10.6 Å². The van der Waals surface area contributed by atoms with Crippen molar-refractivity contribution in [3.63, 3.8) is 0 Å². The maximum absolute atomic E-state index is 13.8. The molecule has 1 rings (SSSR count). The van der Waals surface area contributed by atoms with Gasteiger partial charge in [-0.2, -0.15) is 0 Å². The van der Waals surface area contributed by atoms with Crippen LogP contribution in [0.4, 0.5) is 8.78 Å². The molecular weight excluding hydrogens is 338 g/mol. The second kappa shape index (κ2) is 10.9. The van der Waals surface area contributed by atoms with Crippen molar-refractivity contribution in [1.29, 1.82) is 0 Å². The van der Waals surface area contributed by atoms with Crippen LogP contribution >= 0.6 is 0 Å². The van der Waals surface area contributed by atoms with E-state index in [-0.39, 0.29) is 11.8 Å². The zero-order chi connectivity index (χ0) is 19.7. The summed E-state index contributed by atoms with van der Waals surface area (Å²) < 4.78 is 27.5. The Kier molecular flexibility index (Phi) is 9.24. The van der Waals surface area contributed by atoms with Gasteiger partial charge in [0, 0.05) is 6.54 Å². The fourth-order valence-electron chi connectivity index (χ4n) is 2.76. The predicted octanol–water partition coefficient (Wildman–Crippen LogP) is 4.05. The molecule has 0 aliphatic carbocycles. The number of amides is 2. The van der Waals surface area contributed by atoms with E-state index in [0.29, 0.717) is 12.5 Å². The summed E-state index contributed by atoms with van der Waals surface area (Å²) in [6, 6.07) is 2.37. The molecule has 0 fully saturated rings. The molecule has 6 heteroatoms. The number of nitrogens with one attached hydrogen (secondary N) is 2. The standard InChI is InChI=1S/C20H30F2N2O2/c1-5-7-9-14(6-2)12-23-20(26)18(13(3)4)24-19(25)17-15(21)10-8-11-16(17)22/h8,10-11,13-14,18H,5-7,9,12H2,1-4H3,(H,23,26)(H,24,25). The summed E-state index contributed by atoms with van der Waals surface area (Å²) in [4.78, 5) is 24.8. The van der Waals surface area contributed by atoms with E-state index >= 15 is 0 Å². The lowest BCUT2D eigenvalue weighted by Gasteiger charge is -2.23. The number of carbonyl (C=O) groups excluding carboxylic acids is 2. The summed E-state index contributed by atoms with van der Waals surface area (Å²) in [5, 5.41) is 5.34. The van der Waals surface area contributed by atoms with Gasteiger partial charge in [-0.3, -0.25) is 9.59 Å². The van der Waals surface area contributed by atoms with E-state index in [9.17, 15) is 18.4 Å². The molecule has 0 radical (unpaired) electrons. The van der Waals surface area contributed by atoms with Crippen molar-refractivity contribution >= 4 is 11.8 Å². The number of hydrogen-bond donors (Lipinski definition) is 2. The number of carbonyl (C=O) groups is 2. The zero-order valence-corrected chi connectivity index (χ0v) is 16.1. The Morgan fingerprint density at radius 3 is 2.23 bits per heavy atom. The first-order valence-electron chi connectivity index (χ1n) is 9.34. The van der Waals surface area contributed by atoms with Crippen molar-refractivity contribution in [2.45, 2.75) is 59.4 Å². The largest absolute Gasteiger partial charge is 0.354 e. The van der Waals surface area contributed by atoms with Gasteiger partial charge in [-0.1, -0.05) is 53.0 Å². The Labute approximate surface area is 154 Å². The van der Waals surface area contributed by atoms with Gasteiger partial charge in [-0.15, -0.1) is 0 Å². The Morgan fingerprint density at radius 2 is 1.73 bits per heavy atom. The fraction of sp³-hybridized carbons (Fsp3) is 0.600. The molecule has 1 aromatic carbocycles. The van der Waals surface area contributed by atoms with E-state index in [1.807, 2.05) is 0 Å². The highest BCUT2D eigenvalue weighted by Gasteiger charge is 2.27. The predicted molar refractivity (Wildman–Crippen MR) is 98.8 cm³/mol. The maximum atomic E-state index is 13.8. The normalized spacial score (nSPS) is 13.3. The monoisotopic (exact) mass is 368 g/mol. The van der Waals surface area contributed by atoms with E-state index in [1.54, 1.807) is 13.8 Å². The molecule has 0 bridgehead atoms. The molecule has 2 unspecified atom stereocenters. The van der Waals surface area contributed by atoms with Gasteiger partial charge in [-0.05, 0) is 30.4 Å². The third-order valence-electron chi connectivity index (χ3n) is 4.53. The minimum atomic E-state index is -0.948. The lowest BCUT2D eigenvalue weighted by Crippen LogP contribution is -2.50. The summed E-state index contributed by atoms with van der Waals surface area (Å²) in [6.07, 6.45) is 4.19. The zero-order valence-electron chi connectivity index (χ0n) is 16.1. The second-order valence-corrected chi connectivity index (χ2v) is 6.95. The van der Waals surface area contributed by atoms with Gasteiger partial charge < -0.3 is 10.6 Å². The average molecular weight is 368 g/mol. The summed E-state index contributed by atoms with van der Waals surface area (Å²) in [5.41, 5.74) is -0.666. The molecule has 0 saturated carbocycles. The highest BCUT2D eigenvalue weighted by Crippen LogP contribution is 2.14. The molecule has 0 spiro atoms. The third kappa shape index (κ3) is 6.39. The summed E-state index contributed by atoms with van der Waals surface area (Å²) in [7, 11) is 0. The molecule has 0 saturated heterocycles. The average Bonchev–Trinajstić information content (AvgIpc) is 2.59. The van der Waals surface area contributed by atoms with E-state index in [4.69, 9.17) is 0 Å². The van der Waals surface area contributed by atoms with Crippen LogP contribution in [0.15, 0.2) is 18.2 Å². The van der Waals surface area contributed by atoms with Crippen LogP contribution in [0.2, 0.25) is 0 Å². The van der Waals surface area contributed by atoms with Crippen LogP contribution in [0, 0.1) is 23.5 Å². The molecule has 26 heavy (non-hydrogen) atoms. The Hall–Kier alpha value is -1.98. The minimum absolute atomic E-state index is 0.218. The SMILES string of the molecule is CCCCC(CC)CNC(=O)C(NC(=O)c1c(F)cccc1F)C(C)C. The lowest BCUT2D eigenvalue weighted by molar-refractivity contribution is -0.124. The number of benzene rings is 1. The number of halogens is 2. The van der Waals surface area contributed by atoms with Crippen molar-refractivity contribution in [2.75, 3.05) is 6.54 Å². The van der Waals surface area contributed by atoms with Gasteiger partial charge in [0.25, 0.3) is 5.91 Å². The summed E-state index contributed by atoms with van der Waals surface area (Å²) in [6.45, 7) is 8.28. The third-order valence-corrected chi connectivity index (χ3v) is 4.53. The second-order valence-electron chi connectivity index (χ2n) is 6.95. The number of rotatable bonds is 10. The van der Waals surface area contributed by atoms with Gasteiger partial charge in [0.15, 0.2) is 0 Å². The van der Waals surface area contributed by atoms with Crippen LogP contribution in [-0.2, 0) is 4.79 Å². The van der Waals surface area contributed by atoms with E-state index in [1.165, 1.54) is 6.07 Å². The number of hydrogen-bond acceptors (Lipinski definition) is 2. The maximum Gasteiger partial charge on any atom is 0.257 e. The van der Waals surface area contributed by atoms with Crippen LogP contribution in [0.25, 0.3) is 0 Å². The number of unbranched alkanes of at least 4 members (excludes halogenated alkanes) is 1. The molecule has 1 aromatic rings. The Balaban J connectivity index is 2.76. The van der Waals surface area contributed by atoms with Crippen molar-refractivity contribution in [1.82, 2.24) is 10.6 Å². The smallest absolute Gasteiger partial charge is 0.257 e. The van der Waals surface area contributed by atoms with E-state index in [0.717, 1.165) is 37.8 Å². The molecular formula is C20H30F2N2O2. The van der Waals surface area contributed by atoms with Crippen molar-refractivity contribution < 1.29 is 18.4 Å². The topological polar surface area (TPSA) is 58.2 Å². The van der Waals surface area contributed by atoms with Crippen LogP contribution in [0.1, 0.15) is 63.7 Å². The first-order chi connectivity index (χ1) is 12.3. The molecule has 0 aromatic heterocycles. The molecule has 2 N–H and O–H groups in total. The van der Waals surface area contributed by atoms with Gasteiger partial charge in [-0.25, -0.2) is 8.78 Å². The molecule has 146 valence electrons. The van der Waals surface area contributed by atoms with Gasteiger partial charge in [0.05, 0.1) is 0 Å². The first-order valence-corrected chi connectivity index (χ1v) is 9.34. The van der Waals surface area contributed by atoms with Gasteiger partial charge >= 0.3 is 0 Å². The van der Waals surface area contributed by atoms with Crippen LogP contribution in [0.3, 0.4) is 0 Å². The Morgan fingerprint density at radius 1 is 1.12 bits per heavy atom. The van der Waals surface area contributed by atoms with Crippen molar-refractivity contribution in [2.24, 2.45) is 11.8 Å². The van der Waals surface area contributed by atoms with E-state index in [2.05, 4.69) is 24.5 Å². The summed E-state index contributed by atoms with van der Waals surface area (Å²) >= 11 is 0. The van der Waals surface area contributed by atoms with Crippen molar-refractivity contribution in [3.05, 3.63) is 35.4 Å². The Bertz CT molecular complexity index is 585. The van der Waals surface area contributed by atoms with Gasteiger partial charge in [0.2, 0.25) is 5.91 Å². The molecule has 0 heterocycles. The molecule has 2 amide bonds. The molecule has 0 aliphatic rings. The summed E-state index contributed by atoms with van der Waals surface area (Å²) in [5.74, 6) is -2.99. The van der Waals surface area contributed by atoms with E-state index < -0.39 is 29.1 Å². The molecule has 2 atom stereocenters. The highest BCUT2D eigenvalue weighted by atomic mass is 19.1. The van der Waals surface area contributed by atoms with Crippen molar-refractivity contribution in [3.8, 4) is 0 Å². The van der Waals surface area contributed by atoms with Crippen LogP contribution in [-0.4, -0.2) is 24.4 Å². The van der Waals surface area contributed by atoms with Gasteiger partial charge in [0.1, 0.15) is 23.2 Å². The molecule has 4 nitrogen and oxygen atoms in total. The first kappa shape index (κ1) is 22.1. The minimum Gasteiger partial charge on any atom is -0.354 e. The van der Waals surface area contributed by atoms with Crippen LogP contribution in [0.5, 0.6) is 0 Å². The highest BCUT2D eigenvalue weighted by molar-refractivity contribution is 5.98. The molecule has 0 aliphatic heterocycles.